The van der Waals surface area contributed by atoms with Crippen LogP contribution in [-0.4, -0.2) is 30.0 Å². The third kappa shape index (κ3) is 3.48. The second-order valence-electron chi connectivity index (χ2n) is 6.04. The van der Waals surface area contributed by atoms with E-state index in [4.69, 9.17) is 20.3 Å². The average Bonchev–Trinajstić information content (AvgIpc) is 2.98. The standard InChI is InChI=1S/C19H21N3O3S/c1-19(12-17(20)23)22(15-10-9-14(24-2)11-16(15)25-3)21-18(26-19)13-7-5-4-6-8-13/h4-11H,12H2,1-3H3,(H2,20,23). The summed E-state index contributed by atoms with van der Waals surface area (Å²) in [4.78, 5) is 11.1. The topological polar surface area (TPSA) is 77.1 Å². The maximum Gasteiger partial charge on any atom is 0.220 e. The number of nitrogens with zero attached hydrogens (tertiary/aromatic N) is 2. The lowest BCUT2D eigenvalue weighted by Crippen LogP contribution is -2.40. The maximum atomic E-state index is 11.7. The van der Waals surface area contributed by atoms with Crippen LogP contribution in [0.1, 0.15) is 18.9 Å². The fourth-order valence-electron chi connectivity index (χ4n) is 2.87. The first-order chi connectivity index (χ1) is 12.5. The summed E-state index contributed by atoms with van der Waals surface area (Å²) in [6.07, 6.45) is 0.146. The summed E-state index contributed by atoms with van der Waals surface area (Å²) in [7, 11) is 3.19. The number of hydrogen-bond acceptors (Lipinski definition) is 6. The minimum Gasteiger partial charge on any atom is -0.497 e. The number of carbonyl (C=O) groups excluding carboxylic acids is 1. The van der Waals surface area contributed by atoms with Gasteiger partial charge in [0.25, 0.3) is 0 Å². The molecule has 0 spiro atoms. The molecule has 2 N–H and O–H groups in total. The molecule has 0 saturated heterocycles. The first-order valence-corrected chi connectivity index (χ1v) is 8.92. The van der Waals surface area contributed by atoms with Crippen LogP contribution < -0.4 is 20.2 Å². The van der Waals surface area contributed by atoms with Crippen LogP contribution in [0.15, 0.2) is 53.6 Å². The molecule has 136 valence electrons. The highest BCUT2D eigenvalue weighted by atomic mass is 32.2. The highest BCUT2D eigenvalue weighted by molar-refractivity contribution is 8.16. The summed E-state index contributed by atoms with van der Waals surface area (Å²) in [6.45, 7) is 1.95. The van der Waals surface area contributed by atoms with E-state index in [0.717, 1.165) is 16.3 Å². The molecule has 2 aromatic rings. The number of rotatable bonds is 6. The van der Waals surface area contributed by atoms with Crippen molar-refractivity contribution in [1.82, 2.24) is 0 Å². The Balaban J connectivity index is 2.08. The molecule has 6 nitrogen and oxygen atoms in total. The predicted octanol–water partition coefficient (Wildman–Crippen LogP) is 3.21. The van der Waals surface area contributed by atoms with E-state index in [9.17, 15) is 4.79 Å². The third-order valence-corrected chi connectivity index (χ3v) is 5.36. The number of methoxy groups -OCH3 is 2. The Morgan fingerprint density at radius 2 is 1.92 bits per heavy atom. The molecule has 0 saturated carbocycles. The summed E-state index contributed by atoms with van der Waals surface area (Å²) in [6, 6.07) is 15.4. The smallest absolute Gasteiger partial charge is 0.220 e. The summed E-state index contributed by atoms with van der Waals surface area (Å²) in [5.41, 5.74) is 7.25. The van der Waals surface area contributed by atoms with Gasteiger partial charge in [-0.15, -0.1) is 0 Å². The van der Waals surface area contributed by atoms with Crippen LogP contribution in [0.3, 0.4) is 0 Å². The molecule has 1 amide bonds. The molecule has 1 atom stereocenters. The van der Waals surface area contributed by atoms with Gasteiger partial charge in [0.05, 0.1) is 20.6 Å². The van der Waals surface area contributed by atoms with Crippen molar-refractivity contribution in [3.8, 4) is 11.5 Å². The number of hydrazone groups is 1. The van der Waals surface area contributed by atoms with Gasteiger partial charge in [0.2, 0.25) is 5.91 Å². The number of nitrogens with two attached hydrogens (primary N) is 1. The van der Waals surface area contributed by atoms with Crippen molar-refractivity contribution in [3.63, 3.8) is 0 Å². The van der Waals surface area contributed by atoms with E-state index >= 15 is 0 Å². The molecular formula is C19H21N3O3S. The van der Waals surface area contributed by atoms with E-state index in [-0.39, 0.29) is 12.3 Å². The molecule has 0 bridgehead atoms. The molecule has 0 fully saturated rings. The van der Waals surface area contributed by atoms with Gasteiger partial charge in [-0.3, -0.25) is 4.79 Å². The van der Waals surface area contributed by atoms with Gasteiger partial charge in [0.1, 0.15) is 27.1 Å². The van der Waals surface area contributed by atoms with Gasteiger partial charge in [-0.25, -0.2) is 5.01 Å². The second kappa shape index (κ2) is 7.29. The van der Waals surface area contributed by atoms with Gasteiger partial charge in [0, 0.05) is 11.6 Å². The number of amides is 1. The SMILES string of the molecule is COc1ccc(N2N=C(c3ccccc3)SC2(C)CC(N)=O)c(OC)c1. The highest BCUT2D eigenvalue weighted by Crippen LogP contribution is 2.47. The number of thioether (sulfide) groups is 1. The van der Waals surface area contributed by atoms with Crippen molar-refractivity contribution in [2.45, 2.75) is 18.2 Å². The Kier molecular flexibility index (Phi) is 5.08. The molecule has 1 aliphatic heterocycles. The lowest BCUT2D eigenvalue weighted by Gasteiger charge is -2.33. The Morgan fingerprint density at radius 1 is 1.19 bits per heavy atom. The maximum absolute atomic E-state index is 11.7. The molecule has 1 aliphatic rings. The van der Waals surface area contributed by atoms with E-state index in [0.29, 0.717) is 11.5 Å². The van der Waals surface area contributed by atoms with Crippen molar-refractivity contribution >= 4 is 28.4 Å². The van der Waals surface area contributed by atoms with Crippen LogP contribution in [0.5, 0.6) is 11.5 Å². The lowest BCUT2D eigenvalue weighted by atomic mass is 10.1. The molecule has 3 rings (SSSR count). The van der Waals surface area contributed by atoms with Crippen molar-refractivity contribution in [2.24, 2.45) is 10.8 Å². The molecule has 0 radical (unpaired) electrons. The van der Waals surface area contributed by atoms with E-state index in [1.807, 2.05) is 54.4 Å². The van der Waals surface area contributed by atoms with Crippen molar-refractivity contribution in [1.29, 1.82) is 0 Å². The molecule has 0 aliphatic carbocycles. The monoisotopic (exact) mass is 371 g/mol. The summed E-state index contributed by atoms with van der Waals surface area (Å²) in [5, 5.41) is 7.42. The zero-order valence-corrected chi connectivity index (χ0v) is 15.7. The number of carbonyl (C=O) groups is 1. The van der Waals surface area contributed by atoms with Crippen molar-refractivity contribution < 1.29 is 14.3 Å². The fourth-order valence-corrected chi connectivity index (χ4v) is 4.10. The van der Waals surface area contributed by atoms with E-state index < -0.39 is 4.87 Å². The Hall–Kier alpha value is -2.67. The van der Waals surface area contributed by atoms with Crippen molar-refractivity contribution in [2.75, 3.05) is 19.2 Å². The summed E-state index contributed by atoms with van der Waals surface area (Å²) < 4.78 is 10.8. The van der Waals surface area contributed by atoms with Gasteiger partial charge < -0.3 is 15.2 Å². The minimum absolute atomic E-state index is 0.146. The van der Waals surface area contributed by atoms with Gasteiger partial charge in [0.15, 0.2) is 0 Å². The Morgan fingerprint density at radius 3 is 2.54 bits per heavy atom. The van der Waals surface area contributed by atoms with Gasteiger partial charge in [-0.1, -0.05) is 42.1 Å². The largest absolute Gasteiger partial charge is 0.497 e. The van der Waals surface area contributed by atoms with Crippen LogP contribution in [0.25, 0.3) is 0 Å². The lowest BCUT2D eigenvalue weighted by molar-refractivity contribution is -0.118. The van der Waals surface area contributed by atoms with E-state index in [1.54, 1.807) is 20.3 Å². The Labute approximate surface area is 157 Å². The van der Waals surface area contributed by atoms with E-state index in [1.165, 1.54) is 11.8 Å². The van der Waals surface area contributed by atoms with Crippen LogP contribution in [-0.2, 0) is 4.79 Å². The number of primary amides is 1. The zero-order valence-electron chi connectivity index (χ0n) is 14.9. The number of anilines is 1. The predicted molar refractivity (Wildman–Crippen MR) is 105 cm³/mol. The quantitative estimate of drug-likeness (QED) is 0.844. The molecule has 26 heavy (non-hydrogen) atoms. The summed E-state index contributed by atoms with van der Waals surface area (Å²) in [5.74, 6) is 0.905. The molecule has 1 heterocycles. The van der Waals surface area contributed by atoms with Crippen LogP contribution >= 0.6 is 11.8 Å². The molecule has 0 aromatic heterocycles. The average molecular weight is 371 g/mol. The number of ether oxygens (including phenoxy) is 2. The molecule has 2 aromatic carbocycles. The molecule has 7 heteroatoms. The number of benzene rings is 2. The normalized spacial score (nSPS) is 19.2. The zero-order chi connectivity index (χ0) is 18.7. The van der Waals surface area contributed by atoms with E-state index in [2.05, 4.69) is 0 Å². The first-order valence-electron chi connectivity index (χ1n) is 8.10. The van der Waals surface area contributed by atoms with Gasteiger partial charge in [-0.05, 0) is 19.1 Å². The fraction of sp³-hybridized carbons (Fsp3) is 0.263. The molecule has 1 unspecified atom stereocenters. The van der Waals surface area contributed by atoms with Crippen LogP contribution in [0, 0.1) is 0 Å². The second-order valence-corrected chi connectivity index (χ2v) is 7.51. The minimum atomic E-state index is -0.654. The summed E-state index contributed by atoms with van der Waals surface area (Å²) >= 11 is 1.51. The van der Waals surface area contributed by atoms with Crippen molar-refractivity contribution in [3.05, 3.63) is 54.1 Å². The molecular weight excluding hydrogens is 350 g/mol. The van der Waals surface area contributed by atoms with Crippen LogP contribution in [0.4, 0.5) is 5.69 Å². The van der Waals surface area contributed by atoms with Gasteiger partial charge in [-0.2, -0.15) is 5.10 Å². The Bertz CT molecular complexity index is 841. The number of hydrogen-bond donors (Lipinski definition) is 1. The van der Waals surface area contributed by atoms with Crippen LogP contribution in [0.2, 0.25) is 0 Å². The third-order valence-electron chi connectivity index (χ3n) is 4.09. The highest BCUT2D eigenvalue weighted by Gasteiger charge is 2.43. The van der Waals surface area contributed by atoms with Gasteiger partial charge >= 0.3 is 0 Å². The first kappa shape index (κ1) is 18.1.